The van der Waals surface area contributed by atoms with Crippen LogP contribution in [0.15, 0.2) is 18.3 Å². The number of nitrogens with one attached hydrogen (secondary N) is 1. The highest BCUT2D eigenvalue weighted by molar-refractivity contribution is 5.93. The molecule has 7 nitrogen and oxygen atoms in total. The lowest BCUT2D eigenvalue weighted by Gasteiger charge is -2.22. The molecule has 24 heavy (non-hydrogen) atoms. The van der Waals surface area contributed by atoms with Crippen molar-refractivity contribution in [1.29, 1.82) is 0 Å². The van der Waals surface area contributed by atoms with E-state index >= 15 is 0 Å². The highest BCUT2D eigenvalue weighted by Gasteiger charge is 2.24. The van der Waals surface area contributed by atoms with E-state index in [1.165, 1.54) is 0 Å². The van der Waals surface area contributed by atoms with Crippen molar-refractivity contribution in [2.24, 2.45) is 0 Å². The minimum atomic E-state index is -0.283. The van der Waals surface area contributed by atoms with E-state index in [0.717, 1.165) is 11.4 Å². The van der Waals surface area contributed by atoms with Crippen molar-refractivity contribution >= 4 is 11.9 Å². The molecule has 1 N–H and O–H groups in total. The van der Waals surface area contributed by atoms with E-state index in [2.05, 4.69) is 20.4 Å². The van der Waals surface area contributed by atoms with Crippen molar-refractivity contribution in [3.8, 4) is 11.4 Å². The maximum atomic E-state index is 12.3. The zero-order chi connectivity index (χ0) is 18.1. The van der Waals surface area contributed by atoms with Crippen LogP contribution in [0.5, 0.6) is 0 Å². The molecule has 2 aromatic rings. The molecule has 0 atom stereocenters. The Morgan fingerprint density at radius 1 is 1.29 bits per heavy atom. The van der Waals surface area contributed by atoms with Crippen LogP contribution >= 0.6 is 0 Å². The van der Waals surface area contributed by atoms with E-state index in [1.54, 1.807) is 12.3 Å². The summed E-state index contributed by atoms with van der Waals surface area (Å²) >= 11 is 0. The van der Waals surface area contributed by atoms with Gasteiger partial charge in [-0.1, -0.05) is 0 Å². The summed E-state index contributed by atoms with van der Waals surface area (Å²) in [7, 11) is 3.78. The molecule has 0 aliphatic rings. The van der Waals surface area contributed by atoms with Crippen LogP contribution in [-0.4, -0.2) is 45.8 Å². The van der Waals surface area contributed by atoms with E-state index < -0.39 is 0 Å². The molecule has 0 bridgehead atoms. The predicted octanol–water partition coefficient (Wildman–Crippen LogP) is 2.30. The Balaban J connectivity index is 2.54. The summed E-state index contributed by atoms with van der Waals surface area (Å²) in [5, 5.41) is 7.39. The minimum Gasteiger partial charge on any atom is -0.348 e. The van der Waals surface area contributed by atoms with Gasteiger partial charge in [0, 0.05) is 26.3 Å². The Morgan fingerprint density at radius 2 is 1.96 bits per heavy atom. The molecule has 7 heteroatoms. The molecule has 0 aliphatic heterocycles. The maximum absolute atomic E-state index is 12.3. The molecule has 0 saturated heterocycles. The number of hydrogen-bond donors (Lipinski definition) is 1. The number of amides is 1. The lowest BCUT2D eigenvalue weighted by atomic mass is 10.1. The summed E-state index contributed by atoms with van der Waals surface area (Å²) in [5.74, 6) is 0.429. The largest absolute Gasteiger partial charge is 0.348 e. The van der Waals surface area contributed by atoms with Gasteiger partial charge >= 0.3 is 0 Å². The van der Waals surface area contributed by atoms with Crippen molar-refractivity contribution in [1.82, 2.24) is 25.1 Å². The average Bonchev–Trinajstić information content (AvgIpc) is 2.92. The Hall–Kier alpha value is -2.44. The molecule has 0 saturated carbocycles. The van der Waals surface area contributed by atoms with Crippen molar-refractivity contribution in [3.05, 3.63) is 24.0 Å². The predicted molar refractivity (Wildman–Crippen MR) is 95.2 cm³/mol. The molecular formula is C17H26N6O. The Labute approximate surface area is 143 Å². The number of carbonyl (C=O) groups is 1. The molecule has 130 valence electrons. The van der Waals surface area contributed by atoms with Gasteiger partial charge in [-0.05, 0) is 46.8 Å². The zero-order valence-corrected chi connectivity index (χ0v) is 15.5. The number of hydrogen-bond acceptors (Lipinski definition) is 5. The van der Waals surface area contributed by atoms with Gasteiger partial charge in [-0.3, -0.25) is 9.48 Å². The Morgan fingerprint density at radius 3 is 2.50 bits per heavy atom. The maximum Gasteiger partial charge on any atom is 0.271 e. The Bertz CT molecular complexity index is 727. The third kappa shape index (κ3) is 3.90. The molecule has 0 radical (unpaired) electrons. The molecule has 1 amide bonds. The summed E-state index contributed by atoms with van der Waals surface area (Å²) in [4.78, 5) is 23.0. The van der Waals surface area contributed by atoms with Crippen LogP contribution < -0.4 is 10.2 Å². The quantitative estimate of drug-likeness (QED) is 0.931. The second kappa shape index (κ2) is 6.59. The third-order valence-electron chi connectivity index (χ3n) is 3.30. The monoisotopic (exact) mass is 330 g/mol. The van der Waals surface area contributed by atoms with Crippen molar-refractivity contribution in [3.63, 3.8) is 0 Å². The van der Waals surface area contributed by atoms with Crippen molar-refractivity contribution in [2.75, 3.05) is 19.0 Å². The second-order valence-electron chi connectivity index (χ2n) is 7.26. The van der Waals surface area contributed by atoms with Crippen molar-refractivity contribution < 1.29 is 4.79 Å². The van der Waals surface area contributed by atoms with Crippen LogP contribution in [0, 0.1) is 0 Å². The SMILES string of the molecule is CC(C)NC(=O)c1cc(-c2ccnc(N(C)C)n2)n(C(C)(C)C)n1. The number of nitrogens with zero attached hydrogens (tertiary/aromatic N) is 5. The number of anilines is 1. The number of rotatable bonds is 4. The zero-order valence-electron chi connectivity index (χ0n) is 15.5. The van der Waals surface area contributed by atoms with Gasteiger partial charge in [0.2, 0.25) is 5.95 Å². The van der Waals surface area contributed by atoms with Gasteiger partial charge < -0.3 is 10.2 Å². The minimum absolute atomic E-state index is 0.0557. The van der Waals surface area contributed by atoms with Gasteiger partial charge in [0.05, 0.1) is 16.9 Å². The van der Waals surface area contributed by atoms with E-state index in [1.807, 2.05) is 64.4 Å². The molecule has 0 spiro atoms. The highest BCUT2D eigenvalue weighted by Crippen LogP contribution is 2.26. The molecule has 0 aliphatic carbocycles. The first-order valence-corrected chi connectivity index (χ1v) is 8.01. The van der Waals surface area contributed by atoms with Gasteiger partial charge in [-0.15, -0.1) is 0 Å². The van der Waals surface area contributed by atoms with Crippen LogP contribution in [0.3, 0.4) is 0 Å². The summed E-state index contributed by atoms with van der Waals surface area (Å²) in [6.07, 6.45) is 1.71. The van der Waals surface area contributed by atoms with Crippen LogP contribution in [0.1, 0.15) is 45.1 Å². The highest BCUT2D eigenvalue weighted by atomic mass is 16.2. The first kappa shape index (κ1) is 17.9. The number of carbonyl (C=O) groups excluding carboxylic acids is 1. The fraction of sp³-hybridized carbons (Fsp3) is 0.529. The standard InChI is InChI=1S/C17H26N6O/c1-11(2)19-15(24)13-10-14(23(21-13)17(3,4)5)12-8-9-18-16(20-12)22(6)7/h8-11H,1-7H3,(H,19,24). The lowest BCUT2D eigenvalue weighted by molar-refractivity contribution is 0.0936. The van der Waals surface area contributed by atoms with Crippen LogP contribution in [0.2, 0.25) is 0 Å². The third-order valence-corrected chi connectivity index (χ3v) is 3.30. The first-order chi connectivity index (χ1) is 11.1. The van der Waals surface area contributed by atoms with Gasteiger partial charge in [-0.25, -0.2) is 9.97 Å². The second-order valence-corrected chi connectivity index (χ2v) is 7.26. The molecule has 2 rings (SSSR count). The molecule has 0 unspecified atom stereocenters. The first-order valence-electron chi connectivity index (χ1n) is 8.01. The summed E-state index contributed by atoms with van der Waals surface area (Å²) in [5.41, 5.74) is 1.63. The smallest absolute Gasteiger partial charge is 0.271 e. The van der Waals surface area contributed by atoms with Gasteiger partial charge in [-0.2, -0.15) is 5.10 Å². The van der Waals surface area contributed by atoms with E-state index in [9.17, 15) is 4.79 Å². The van der Waals surface area contributed by atoms with E-state index in [4.69, 9.17) is 0 Å². The normalized spacial score (nSPS) is 11.7. The summed E-state index contributed by atoms with van der Waals surface area (Å²) in [6, 6.07) is 3.67. The molecular weight excluding hydrogens is 304 g/mol. The fourth-order valence-electron chi connectivity index (χ4n) is 2.23. The van der Waals surface area contributed by atoms with Gasteiger partial charge in [0.15, 0.2) is 5.69 Å². The molecule has 0 aromatic carbocycles. The molecule has 0 fully saturated rings. The fourth-order valence-corrected chi connectivity index (χ4v) is 2.23. The van der Waals surface area contributed by atoms with E-state index in [-0.39, 0.29) is 17.5 Å². The average molecular weight is 330 g/mol. The summed E-state index contributed by atoms with van der Waals surface area (Å²) < 4.78 is 1.84. The van der Waals surface area contributed by atoms with Gasteiger partial charge in [0.1, 0.15) is 0 Å². The van der Waals surface area contributed by atoms with Crippen LogP contribution in [0.4, 0.5) is 5.95 Å². The van der Waals surface area contributed by atoms with Crippen molar-refractivity contribution in [2.45, 2.75) is 46.2 Å². The van der Waals surface area contributed by atoms with Gasteiger partial charge in [0.25, 0.3) is 5.91 Å². The Kier molecular flexibility index (Phi) is 4.91. The molecule has 2 aromatic heterocycles. The van der Waals surface area contributed by atoms with Crippen LogP contribution in [0.25, 0.3) is 11.4 Å². The number of aromatic nitrogens is 4. The van der Waals surface area contributed by atoms with E-state index in [0.29, 0.717) is 11.6 Å². The topological polar surface area (TPSA) is 75.9 Å². The summed E-state index contributed by atoms with van der Waals surface area (Å²) in [6.45, 7) is 9.98. The van der Waals surface area contributed by atoms with Crippen LogP contribution in [-0.2, 0) is 5.54 Å². The molecule has 2 heterocycles. The lowest BCUT2D eigenvalue weighted by Crippen LogP contribution is -2.31.